The summed E-state index contributed by atoms with van der Waals surface area (Å²) in [4.78, 5) is 9.16. The van der Waals surface area contributed by atoms with Gasteiger partial charge in [0.25, 0.3) is 0 Å². The molecule has 0 aromatic carbocycles. The Balaban J connectivity index is 2.19. The minimum absolute atomic E-state index is 0.461. The zero-order valence-electron chi connectivity index (χ0n) is 11.9. The number of hydrogen-bond donors (Lipinski definition) is 2. The van der Waals surface area contributed by atoms with E-state index >= 15 is 0 Å². The fraction of sp³-hybridized carbons (Fsp3) is 0.714. The van der Waals surface area contributed by atoms with Crippen molar-refractivity contribution in [3.8, 4) is 0 Å². The van der Waals surface area contributed by atoms with Crippen molar-refractivity contribution in [2.45, 2.75) is 51.6 Å². The smallest absolute Gasteiger partial charge is 0.144 e. The largest absolute Gasteiger partial charge is 0.378 e. The lowest BCUT2D eigenvalue weighted by molar-refractivity contribution is 0.181. The molecule has 0 spiro atoms. The quantitative estimate of drug-likeness (QED) is 0.631. The summed E-state index contributed by atoms with van der Waals surface area (Å²) in [5.41, 5.74) is 3.51. The number of rotatable bonds is 5. The third-order valence-electron chi connectivity index (χ3n) is 3.96. The topological polar surface area (TPSA) is 73.1 Å². The number of nitrogens with zero attached hydrogens (tertiary/aromatic N) is 2. The molecular formula is C14H24N4O. The van der Waals surface area contributed by atoms with Crippen LogP contribution in [0.2, 0.25) is 0 Å². The first-order valence-electron chi connectivity index (χ1n) is 7.10. The Kier molecular flexibility index (Phi) is 5.10. The van der Waals surface area contributed by atoms with E-state index in [0.29, 0.717) is 18.3 Å². The van der Waals surface area contributed by atoms with Gasteiger partial charge in [-0.2, -0.15) is 0 Å². The molecular weight excluding hydrogens is 240 g/mol. The molecule has 0 bridgehead atoms. The number of nitrogens with two attached hydrogens (primary N) is 1. The Hall–Kier alpha value is -1.20. The minimum atomic E-state index is 0.461. The highest BCUT2D eigenvalue weighted by molar-refractivity contribution is 5.34. The van der Waals surface area contributed by atoms with Gasteiger partial charge in [0, 0.05) is 19.1 Å². The van der Waals surface area contributed by atoms with E-state index in [1.54, 1.807) is 7.11 Å². The standard InChI is InChI=1S/C14H24N4O/c1-3-10-5-4-6-11(7-10)14-16-12(9-19-2)8-13(17-14)18-15/h8,10-11H,3-7,9,15H2,1-2H3,(H,16,17,18). The number of hydrazine groups is 1. The first kappa shape index (κ1) is 14.2. The van der Waals surface area contributed by atoms with Crippen LogP contribution in [0.3, 0.4) is 0 Å². The zero-order chi connectivity index (χ0) is 13.7. The first-order valence-corrected chi connectivity index (χ1v) is 7.10. The fourth-order valence-corrected chi connectivity index (χ4v) is 2.89. The molecule has 0 saturated heterocycles. The molecule has 2 atom stereocenters. The summed E-state index contributed by atoms with van der Waals surface area (Å²) >= 11 is 0. The van der Waals surface area contributed by atoms with Gasteiger partial charge in [0.1, 0.15) is 11.6 Å². The van der Waals surface area contributed by atoms with E-state index < -0.39 is 0 Å². The van der Waals surface area contributed by atoms with Crippen molar-refractivity contribution in [1.29, 1.82) is 0 Å². The van der Waals surface area contributed by atoms with Crippen LogP contribution in [0.4, 0.5) is 5.82 Å². The van der Waals surface area contributed by atoms with Crippen molar-refractivity contribution in [1.82, 2.24) is 9.97 Å². The Labute approximate surface area is 114 Å². The van der Waals surface area contributed by atoms with Crippen molar-refractivity contribution >= 4 is 5.82 Å². The van der Waals surface area contributed by atoms with Crippen LogP contribution < -0.4 is 11.3 Å². The highest BCUT2D eigenvalue weighted by Gasteiger charge is 2.24. The van der Waals surface area contributed by atoms with E-state index in [0.717, 1.165) is 17.4 Å². The number of anilines is 1. The molecule has 0 aliphatic heterocycles. The van der Waals surface area contributed by atoms with E-state index in [2.05, 4.69) is 22.3 Å². The average Bonchev–Trinajstić information content (AvgIpc) is 2.47. The van der Waals surface area contributed by atoms with Gasteiger partial charge in [0.15, 0.2) is 0 Å². The summed E-state index contributed by atoms with van der Waals surface area (Å²) in [5, 5.41) is 0. The number of ether oxygens (including phenoxy) is 1. The summed E-state index contributed by atoms with van der Waals surface area (Å²) < 4.78 is 5.15. The van der Waals surface area contributed by atoms with E-state index in [9.17, 15) is 0 Å². The number of nitrogen functional groups attached to an aromatic ring is 1. The SMILES string of the molecule is CCC1CCCC(c2nc(COC)cc(NN)n2)C1. The molecule has 1 aromatic rings. The second kappa shape index (κ2) is 6.82. The van der Waals surface area contributed by atoms with Crippen LogP contribution in [0.25, 0.3) is 0 Å². The van der Waals surface area contributed by atoms with Crippen LogP contribution in [0.15, 0.2) is 6.07 Å². The highest BCUT2D eigenvalue weighted by atomic mass is 16.5. The molecule has 0 radical (unpaired) electrons. The maximum Gasteiger partial charge on any atom is 0.144 e. The van der Waals surface area contributed by atoms with Gasteiger partial charge in [-0.25, -0.2) is 15.8 Å². The van der Waals surface area contributed by atoms with E-state index in [1.807, 2.05) is 6.07 Å². The van der Waals surface area contributed by atoms with Gasteiger partial charge >= 0.3 is 0 Å². The lowest BCUT2D eigenvalue weighted by atomic mass is 9.80. The van der Waals surface area contributed by atoms with Gasteiger partial charge in [-0.05, 0) is 18.8 Å². The molecule has 1 fully saturated rings. The van der Waals surface area contributed by atoms with Crippen molar-refractivity contribution in [2.24, 2.45) is 11.8 Å². The van der Waals surface area contributed by atoms with E-state index in [-0.39, 0.29) is 0 Å². The molecule has 2 unspecified atom stereocenters. The molecule has 3 N–H and O–H groups in total. The molecule has 2 rings (SSSR count). The molecule has 1 heterocycles. The van der Waals surface area contributed by atoms with Gasteiger partial charge < -0.3 is 10.2 Å². The molecule has 19 heavy (non-hydrogen) atoms. The molecule has 1 aliphatic carbocycles. The van der Waals surface area contributed by atoms with Crippen LogP contribution in [0.5, 0.6) is 0 Å². The zero-order valence-corrected chi connectivity index (χ0v) is 11.9. The summed E-state index contributed by atoms with van der Waals surface area (Å²) in [7, 11) is 1.67. The van der Waals surface area contributed by atoms with Crippen LogP contribution in [0, 0.1) is 5.92 Å². The lowest BCUT2D eigenvalue weighted by Gasteiger charge is -2.27. The lowest BCUT2D eigenvalue weighted by Crippen LogP contribution is -2.18. The van der Waals surface area contributed by atoms with Crippen LogP contribution in [-0.4, -0.2) is 17.1 Å². The number of hydrogen-bond acceptors (Lipinski definition) is 5. The fourth-order valence-electron chi connectivity index (χ4n) is 2.89. The second-order valence-corrected chi connectivity index (χ2v) is 5.32. The molecule has 1 saturated carbocycles. The Morgan fingerprint density at radius 1 is 1.42 bits per heavy atom. The van der Waals surface area contributed by atoms with Gasteiger partial charge in [-0.15, -0.1) is 0 Å². The Morgan fingerprint density at radius 2 is 2.26 bits per heavy atom. The summed E-state index contributed by atoms with van der Waals surface area (Å²) in [6.45, 7) is 2.76. The Bertz CT molecular complexity index is 410. The molecule has 0 amide bonds. The van der Waals surface area contributed by atoms with E-state index in [4.69, 9.17) is 10.6 Å². The molecule has 5 nitrogen and oxygen atoms in total. The Morgan fingerprint density at radius 3 is 2.95 bits per heavy atom. The maximum atomic E-state index is 5.49. The third-order valence-corrected chi connectivity index (χ3v) is 3.96. The van der Waals surface area contributed by atoms with Crippen LogP contribution in [0.1, 0.15) is 56.5 Å². The molecule has 106 valence electrons. The van der Waals surface area contributed by atoms with Crippen molar-refractivity contribution in [2.75, 3.05) is 12.5 Å². The van der Waals surface area contributed by atoms with E-state index in [1.165, 1.54) is 32.1 Å². The van der Waals surface area contributed by atoms with Gasteiger partial charge in [0.05, 0.1) is 12.3 Å². The summed E-state index contributed by atoms with van der Waals surface area (Å²) in [6, 6.07) is 1.84. The van der Waals surface area contributed by atoms with Crippen molar-refractivity contribution in [3.05, 3.63) is 17.6 Å². The van der Waals surface area contributed by atoms with Crippen molar-refractivity contribution in [3.63, 3.8) is 0 Å². The first-order chi connectivity index (χ1) is 9.26. The van der Waals surface area contributed by atoms with Crippen molar-refractivity contribution < 1.29 is 4.74 Å². The number of methoxy groups -OCH3 is 1. The second-order valence-electron chi connectivity index (χ2n) is 5.32. The van der Waals surface area contributed by atoms with Gasteiger partial charge in [-0.3, -0.25) is 0 Å². The monoisotopic (exact) mass is 264 g/mol. The highest BCUT2D eigenvalue weighted by Crippen LogP contribution is 2.36. The van der Waals surface area contributed by atoms with Crippen LogP contribution in [-0.2, 0) is 11.3 Å². The third kappa shape index (κ3) is 3.64. The van der Waals surface area contributed by atoms with Gasteiger partial charge in [-0.1, -0.05) is 26.2 Å². The van der Waals surface area contributed by atoms with Crippen LogP contribution >= 0.6 is 0 Å². The molecule has 5 heteroatoms. The normalized spacial score (nSPS) is 23.3. The predicted molar refractivity (Wildman–Crippen MR) is 75.5 cm³/mol. The number of aromatic nitrogens is 2. The van der Waals surface area contributed by atoms with Gasteiger partial charge in [0.2, 0.25) is 0 Å². The summed E-state index contributed by atoms with van der Waals surface area (Å²) in [5.74, 6) is 8.35. The molecule has 1 aromatic heterocycles. The maximum absolute atomic E-state index is 5.49. The average molecular weight is 264 g/mol. The molecule has 1 aliphatic rings. The minimum Gasteiger partial charge on any atom is -0.378 e. The number of nitrogens with one attached hydrogen (secondary N) is 1. The predicted octanol–water partition coefficient (Wildman–Crippen LogP) is 2.59. The summed E-state index contributed by atoms with van der Waals surface area (Å²) in [6.07, 6.45) is 6.23.